The fourth-order valence-electron chi connectivity index (χ4n) is 2.85. The zero-order valence-corrected chi connectivity index (χ0v) is 14.7. The lowest BCUT2D eigenvalue weighted by atomic mass is 10.1. The largest absolute Gasteiger partial charge is 0.497 e. The van der Waals surface area contributed by atoms with Crippen LogP contribution in [0.2, 0.25) is 0 Å². The Labute approximate surface area is 142 Å². The van der Waals surface area contributed by atoms with Crippen molar-refractivity contribution in [3.63, 3.8) is 0 Å². The first-order valence-electron chi connectivity index (χ1n) is 7.88. The molecule has 2 aromatic carbocycles. The number of ether oxygens (including phenoxy) is 2. The third kappa shape index (κ3) is 3.55. The Morgan fingerprint density at radius 3 is 2.79 bits per heavy atom. The van der Waals surface area contributed by atoms with E-state index >= 15 is 0 Å². The molecule has 3 rings (SSSR count). The molecule has 2 aromatic rings. The molecule has 5 nitrogen and oxygen atoms in total. The summed E-state index contributed by atoms with van der Waals surface area (Å²) in [6, 6.07) is 11.0. The molecule has 1 aliphatic rings. The van der Waals surface area contributed by atoms with E-state index in [1.165, 1.54) is 5.56 Å². The van der Waals surface area contributed by atoms with Crippen molar-refractivity contribution in [3.8, 4) is 11.5 Å². The summed E-state index contributed by atoms with van der Waals surface area (Å²) in [6.45, 7) is 2.84. The second-order valence-electron chi connectivity index (χ2n) is 5.82. The molecule has 128 valence electrons. The molecule has 0 saturated heterocycles. The molecule has 0 spiro atoms. The van der Waals surface area contributed by atoms with Crippen LogP contribution in [-0.4, -0.2) is 28.7 Å². The summed E-state index contributed by atoms with van der Waals surface area (Å²) in [6.07, 6.45) is 1.56. The van der Waals surface area contributed by atoms with E-state index in [1.54, 1.807) is 32.2 Å². The topological polar surface area (TPSA) is 64.6 Å². The van der Waals surface area contributed by atoms with Gasteiger partial charge in [0.25, 0.3) is 0 Å². The van der Waals surface area contributed by atoms with Crippen LogP contribution in [-0.2, 0) is 22.9 Å². The maximum Gasteiger partial charge on any atom is 0.240 e. The Morgan fingerprint density at radius 1 is 1.21 bits per heavy atom. The van der Waals surface area contributed by atoms with Crippen LogP contribution in [0.1, 0.15) is 16.7 Å². The molecule has 0 saturated carbocycles. The molecule has 1 heterocycles. The lowest BCUT2D eigenvalue weighted by molar-refractivity contribution is 0.357. The molecule has 24 heavy (non-hydrogen) atoms. The van der Waals surface area contributed by atoms with Crippen molar-refractivity contribution in [2.24, 2.45) is 0 Å². The number of nitrogens with one attached hydrogen (secondary N) is 1. The van der Waals surface area contributed by atoms with Crippen molar-refractivity contribution in [2.45, 2.75) is 24.7 Å². The summed E-state index contributed by atoms with van der Waals surface area (Å²) in [5, 5.41) is 0. The predicted octanol–water partition coefficient (Wildman–Crippen LogP) is 2.46. The first-order chi connectivity index (χ1) is 11.5. The van der Waals surface area contributed by atoms with E-state index in [0.717, 1.165) is 24.3 Å². The molecule has 0 atom stereocenters. The highest BCUT2D eigenvalue weighted by atomic mass is 32.2. The summed E-state index contributed by atoms with van der Waals surface area (Å²) in [5.41, 5.74) is 2.96. The number of rotatable bonds is 6. The molecule has 1 aliphatic heterocycles. The first-order valence-corrected chi connectivity index (χ1v) is 9.37. The molecule has 0 unspecified atom stereocenters. The maximum atomic E-state index is 12.5. The van der Waals surface area contributed by atoms with Gasteiger partial charge >= 0.3 is 0 Å². The van der Waals surface area contributed by atoms with Gasteiger partial charge in [0.15, 0.2) is 0 Å². The molecule has 0 aliphatic carbocycles. The van der Waals surface area contributed by atoms with E-state index in [4.69, 9.17) is 9.47 Å². The Bertz CT molecular complexity index is 846. The number of hydrogen-bond acceptors (Lipinski definition) is 4. The molecule has 6 heteroatoms. The highest BCUT2D eigenvalue weighted by molar-refractivity contribution is 7.89. The van der Waals surface area contributed by atoms with Gasteiger partial charge in [-0.05, 0) is 54.3 Å². The smallest absolute Gasteiger partial charge is 0.240 e. The second kappa shape index (κ2) is 6.83. The zero-order valence-electron chi connectivity index (χ0n) is 13.8. The maximum absolute atomic E-state index is 12.5. The average Bonchev–Trinajstić information content (AvgIpc) is 3.02. The number of hydrogen-bond donors (Lipinski definition) is 1. The zero-order chi connectivity index (χ0) is 17.2. The molecular weight excluding hydrogens is 326 g/mol. The Balaban J connectivity index is 1.65. The van der Waals surface area contributed by atoms with Gasteiger partial charge in [0.1, 0.15) is 11.5 Å². The summed E-state index contributed by atoms with van der Waals surface area (Å²) < 4.78 is 38.2. The first kappa shape index (κ1) is 16.8. The monoisotopic (exact) mass is 347 g/mol. The van der Waals surface area contributed by atoms with Gasteiger partial charge in [-0.2, -0.15) is 0 Å². The van der Waals surface area contributed by atoms with Gasteiger partial charge in [-0.1, -0.05) is 12.1 Å². The van der Waals surface area contributed by atoms with E-state index in [2.05, 4.69) is 10.8 Å². The summed E-state index contributed by atoms with van der Waals surface area (Å²) in [4.78, 5) is 0.283. The van der Waals surface area contributed by atoms with E-state index in [9.17, 15) is 8.42 Å². The van der Waals surface area contributed by atoms with Gasteiger partial charge in [-0.25, -0.2) is 13.1 Å². The quantitative estimate of drug-likeness (QED) is 0.872. The molecule has 0 amide bonds. The van der Waals surface area contributed by atoms with Crippen LogP contribution in [0.15, 0.2) is 41.3 Å². The van der Waals surface area contributed by atoms with E-state index in [-0.39, 0.29) is 4.90 Å². The second-order valence-corrected chi connectivity index (χ2v) is 7.56. The van der Waals surface area contributed by atoms with Crippen LogP contribution in [0.4, 0.5) is 0 Å². The molecule has 0 bridgehead atoms. The lowest BCUT2D eigenvalue weighted by Gasteiger charge is -2.11. The minimum Gasteiger partial charge on any atom is -0.497 e. The van der Waals surface area contributed by atoms with Crippen LogP contribution >= 0.6 is 0 Å². The van der Waals surface area contributed by atoms with Crippen molar-refractivity contribution in [2.75, 3.05) is 20.3 Å². The van der Waals surface area contributed by atoms with Gasteiger partial charge in [-0.15, -0.1) is 0 Å². The SMILES string of the molecule is COc1ccc(S(=O)(=O)NCCc2ccc3c(c2)CCO3)c(C)c1. The average molecular weight is 347 g/mol. The highest BCUT2D eigenvalue weighted by Gasteiger charge is 2.17. The number of fused-ring (bicyclic) bond motifs is 1. The number of methoxy groups -OCH3 is 1. The highest BCUT2D eigenvalue weighted by Crippen LogP contribution is 2.26. The standard InChI is InChI=1S/C18H21NO4S/c1-13-11-16(22-2)4-6-18(13)24(20,21)19-9-7-14-3-5-17-15(12-14)8-10-23-17/h3-6,11-12,19H,7-10H2,1-2H3. The van der Waals surface area contributed by atoms with Crippen molar-refractivity contribution in [1.82, 2.24) is 4.72 Å². The Kier molecular flexibility index (Phi) is 4.78. The van der Waals surface area contributed by atoms with Gasteiger partial charge in [0, 0.05) is 13.0 Å². The summed E-state index contributed by atoms with van der Waals surface area (Å²) in [5.74, 6) is 1.58. The van der Waals surface area contributed by atoms with Crippen LogP contribution in [0.3, 0.4) is 0 Å². The van der Waals surface area contributed by atoms with Crippen LogP contribution in [0, 0.1) is 6.92 Å². The molecule has 1 N–H and O–H groups in total. The van der Waals surface area contributed by atoms with Crippen molar-refractivity contribution in [1.29, 1.82) is 0 Å². The summed E-state index contributed by atoms with van der Waals surface area (Å²) in [7, 11) is -1.97. The van der Waals surface area contributed by atoms with Crippen molar-refractivity contribution in [3.05, 3.63) is 53.1 Å². The Morgan fingerprint density at radius 2 is 2.04 bits per heavy atom. The fourth-order valence-corrected chi connectivity index (χ4v) is 4.11. The minimum absolute atomic E-state index is 0.283. The fraction of sp³-hybridized carbons (Fsp3) is 0.333. The van der Waals surface area contributed by atoms with Gasteiger partial charge in [0.05, 0.1) is 18.6 Å². The number of aryl methyl sites for hydroxylation is 1. The predicted molar refractivity (Wildman–Crippen MR) is 92.3 cm³/mol. The van der Waals surface area contributed by atoms with Gasteiger partial charge < -0.3 is 9.47 Å². The number of sulfonamides is 1. The van der Waals surface area contributed by atoms with E-state index in [1.807, 2.05) is 12.1 Å². The molecule has 0 radical (unpaired) electrons. The van der Waals surface area contributed by atoms with Crippen LogP contribution in [0.25, 0.3) is 0 Å². The summed E-state index contributed by atoms with van der Waals surface area (Å²) >= 11 is 0. The van der Waals surface area contributed by atoms with Crippen molar-refractivity contribution >= 4 is 10.0 Å². The molecular formula is C18H21NO4S. The third-order valence-electron chi connectivity index (χ3n) is 4.13. The molecule has 0 aromatic heterocycles. The van der Waals surface area contributed by atoms with Crippen molar-refractivity contribution < 1.29 is 17.9 Å². The lowest BCUT2D eigenvalue weighted by Crippen LogP contribution is -2.26. The van der Waals surface area contributed by atoms with Crippen LogP contribution < -0.4 is 14.2 Å². The van der Waals surface area contributed by atoms with Gasteiger partial charge in [0.2, 0.25) is 10.0 Å². The van der Waals surface area contributed by atoms with Crippen LogP contribution in [0.5, 0.6) is 11.5 Å². The van der Waals surface area contributed by atoms with E-state index < -0.39 is 10.0 Å². The minimum atomic E-state index is -3.53. The Hall–Kier alpha value is -2.05. The third-order valence-corrected chi connectivity index (χ3v) is 5.75. The number of benzene rings is 2. The van der Waals surface area contributed by atoms with Gasteiger partial charge in [-0.3, -0.25) is 0 Å². The van der Waals surface area contributed by atoms with E-state index in [0.29, 0.717) is 24.3 Å². The molecule has 0 fully saturated rings. The normalized spacial score (nSPS) is 13.4.